The zero-order valence-corrected chi connectivity index (χ0v) is 18.9. The molecule has 0 saturated heterocycles. The smallest absolute Gasteiger partial charge is 0.349 e. The van der Waals surface area contributed by atoms with E-state index in [1.54, 1.807) is 6.08 Å². The lowest BCUT2D eigenvalue weighted by molar-refractivity contribution is -0.870. The number of carbonyl (C=O) groups is 1. The Morgan fingerprint density at radius 1 is 1.10 bits per heavy atom. The van der Waals surface area contributed by atoms with Gasteiger partial charge in [-0.25, -0.2) is 4.79 Å². The third kappa shape index (κ3) is 8.28. The molecule has 0 bridgehead atoms. The summed E-state index contributed by atoms with van der Waals surface area (Å²) in [5.41, 5.74) is 3.15. The molecular weight excluding hydrogens is 398 g/mol. The van der Waals surface area contributed by atoms with Gasteiger partial charge in [0.2, 0.25) is 0 Å². The van der Waals surface area contributed by atoms with E-state index in [0.717, 1.165) is 24.3 Å². The van der Waals surface area contributed by atoms with Crippen LogP contribution in [0.1, 0.15) is 18.1 Å². The van der Waals surface area contributed by atoms with Gasteiger partial charge in [0.05, 0.1) is 21.1 Å². The van der Waals surface area contributed by atoms with E-state index < -0.39 is 5.97 Å². The SMILES string of the molecule is CCN(Cc1ccccc1)c1ccc(/C=C(\C#N)C(=O)OCC[N+](C)(C)C)cc1.[Cl-]. The highest BCUT2D eigenvalue weighted by atomic mass is 35.5. The summed E-state index contributed by atoms with van der Waals surface area (Å²) in [4.78, 5) is 14.4. The van der Waals surface area contributed by atoms with Gasteiger partial charge in [-0.3, -0.25) is 0 Å². The molecule has 0 amide bonds. The minimum atomic E-state index is -0.579. The average molecular weight is 428 g/mol. The molecule has 0 saturated carbocycles. The number of benzene rings is 2. The van der Waals surface area contributed by atoms with E-state index in [0.29, 0.717) is 11.0 Å². The quantitative estimate of drug-likeness (QED) is 0.258. The van der Waals surface area contributed by atoms with Gasteiger partial charge in [-0.15, -0.1) is 0 Å². The van der Waals surface area contributed by atoms with E-state index in [-0.39, 0.29) is 24.6 Å². The summed E-state index contributed by atoms with van der Waals surface area (Å²) >= 11 is 0. The van der Waals surface area contributed by atoms with Crippen molar-refractivity contribution in [2.24, 2.45) is 0 Å². The molecule has 30 heavy (non-hydrogen) atoms. The Bertz CT molecular complexity index is 866. The second kappa shape index (κ2) is 12.0. The number of rotatable bonds is 9. The summed E-state index contributed by atoms with van der Waals surface area (Å²) in [7, 11) is 6.06. The van der Waals surface area contributed by atoms with Gasteiger partial charge < -0.3 is 26.5 Å². The number of likely N-dealkylation sites (N-methyl/N-ethyl adjacent to an activating group) is 1. The van der Waals surface area contributed by atoms with Crippen LogP contribution in [0.4, 0.5) is 5.69 Å². The van der Waals surface area contributed by atoms with Crippen molar-refractivity contribution in [3.05, 3.63) is 71.3 Å². The fourth-order valence-corrected chi connectivity index (χ4v) is 2.76. The molecular formula is C24H30ClN3O2. The number of quaternary nitrogens is 1. The summed E-state index contributed by atoms with van der Waals surface area (Å²) in [6, 6.07) is 20.1. The molecule has 0 aliphatic rings. The number of halogens is 1. The van der Waals surface area contributed by atoms with Crippen molar-refractivity contribution in [2.75, 3.05) is 45.7 Å². The summed E-state index contributed by atoms with van der Waals surface area (Å²) in [6.45, 7) is 4.80. The minimum absolute atomic E-state index is 0. The first-order chi connectivity index (χ1) is 13.8. The van der Waals surface area contributed by atoms with Crippen molar-refractivity contribution < 1.29 is 26.4 Å². The Kier molecular flexibility index (Phi) is 10.1. The molecule has 0 spiro atoms. The summed E-state index contributed by atoms with van der Waals surface area (Å²) < 4.78 is 5.93. The second-order valence-electron chi connectivity index (χ2n) is 7.91. The Morgan fingerprint density at radius 2 is 1.73 bits per heavy atom. The van der Waals surface area contributed by atoms with Crippen LogP contribution in [0, 0.1) is 11.3 Å². The molecule has 6 heteroatoms. The first kappa shape index (κ1) is 25.2. The fraction of sp³-hybridized carbons (Fsp3) is 0.333. The number of hydrogen-bond donors (Lipinski definition) is 0. The van der Waals surface area contributed by atoms with Crippen molar-refractivity contribution in [3.8, 4) is 6.07 Å². The van der Waals surface area contributed by atoms with Crippen LogP contribution in [0.2, 0.25) is 0 Å². The van der Waals surface area contributed by atoms with Crippen LogP contribution in [-0.4, -0.2) is 51.3 Å². The molecule has 0 aliphatic carbocycles. The Hall–Kier alpha value is -2.81. The lowest BCUT2D eigenvalue weighted by Gasteiger charge is -2.23. The highest BCUT2D eigenvalue weighted by molar-refractivity contribution is 5.97. The van der Waals surface area contributed by atoms with Crippen molar-refractivity contribution in [2.45, 2.75) is 13.5 Å². The first-order valence-corrected chi connectivity index (χ1v) is 9.80. The highest BCUT2D eigenvalue weighted by Gasteiger charge is 2.14. The van der Waals surface area contributed by atoms with E-state index >= 15 is 0 Å². The standard InChI is InChI=1S/C24H30N3O2.ClH/c1-5-26(19-21-9-7-6-8-10-21)23-13-11-20(12-14-23)17-22(18-25)24(28)29-16-15-27(2,3)4;/h6-14,17H,5,15-16,19H2,1-4H3;1H/q+1;/p-1/b22-17+;. The average Bonchev–Trinajstić information content (AvgIpc) is 2.70. The lowest BCUT2D eigenvalue weighted by Crippen LogP contribution is -3.00. The number of nitrogens with zero attached hydrogens (tertiary/aromatic N) is 3. The molecule has 0 aliphatic heterocycles. The molecule has 0 N–H and O–H groups in total. The van der Waals surface area contributed by atoms with Crippen LogP contribution in [0.25, 0.3) is 6.08 Å². The third-order valence-corrected chi connectivity index (χ3v) is 4.50. The van der Waals surface area contributed by atoms with Crippen molar-refractivity contribution in [1.82, 2.24) is 0 Å². The lowest BCUT2D eigenvalue weighted by atomic mass is 10.1. The van der Waals surface area contributed by atoms with Crippen LogP contribution in [0.3, 0.4) is 0 Å². The van der Waals surface area contributed by atoms with Crippen LogP contribution >= 0.6 is 0 Å². The maximum Gasteiger partial charge on any atom is 0.349 e. The number of hydrogen-bond acceptors (Lipinski definition) is 4. The van der Waals surface area contributed by atoms with Crippen molar-refractivity contribution in [3.63, 3.8) is 0 Å². The van der Waals surface area contributed by atoms with E-state index in [1.165, 1.54) is 5.56 Å². The van der Waals surface area contributed by atoms with Gasteiger partial charge in [-0.05, 0) is 36.3 Å². The largest absolute Gasteiger partial charge is 1.00 e. The number of nitriles is 1. The van der Waals surface area contributed by atoms with Gasteiger partial charge in [0.15, 0.2) is 0 Å². The molecule has 160 valence electrons. The Labute approximate surface area is 186 Å². The molecule has 0 heterocycles. The maximum absolute atomic E-state index is 12.2. The predicted octanol–water partition coefficient (Wildman–Crippen LogP) is 0.873. The molecule has 0 unspecified atom stereocenters. The molecule has 2 rings (SSSR count). The van der Waals surface area contributed by atoms with Gasteiger partial charge in [-0.2, -0.15) is 5.26 Å². The van der Waals surface area contributed by atoms with Crippen LogP contribution in [-0.2, 0) is 16.1 Å². The normalized spacial score (nSPS) is 11.2. The van der Waals surface area contributed by atoms with Crippen LogP contribution < -0.4 is 17.3 Å². The number of carbonyl (C=O) groups excluding carboxylic acids is 1. The molecule has 0 fully saturated rings. The zero-order valence-electron chi connectivity index (χ0n) is 18.1. The summed E-state index contributed by atoms with van der Waals surface area (Å²) in [5.74, 6) is -0.579. The van der Waals surface area contributed by atoms with Gasteiger partial charge >= 0.3 is 5.97 Å². The Balaban J connectivity index is 0.00000450. The second-order valence-corrected chi connectivity index (χ2v) is 7.91. The highest BCUT2D eigenvalue weighted by Crippen LogP contribution is 2.19. The maximum atomic E-state index is 12.2. The fourth-order valence-electron chi connectivity index (χ4n) is 2.76. The predicted molar refractivity (Wildman–Crippen MR) is 117 cm³/mol. The molecule has 5 nitrogen and oxygen atoms in total. The van der Waals surface area contributed by atoms with Crippen molar-refractivity contribution >= 4 is 17.7 Å². The van der Waals surface area contributed by atoms with Crippen molar-refractivity contribution in [1.29, 1.82) is 5.26 Å². The van der Waals surface area contributed by atoms with E-state index in [4.69, 9.17) is 4.74 Å². The first-order valence-electron chi connectivity index (χ1n) is 9.80. The van der Waals surface area contributed by atoms with E-state index in [9.17, 15) is 10.1 Å². The van der Waals surface area contributed by atoms with E-state index in [2.05, 4.69) is 24.0 Å². The summed E-state index contributed by atoms with van der Waals surface area (Å²) in [5, 5.41) is 9.33. The van der Waals surface area contributed by atoms with Gasteiger partial charge in [-0.1, -0.05) is 42.5 Å². The third-order valence-electron chi connectivity index (χ3n) is 4.50. The van der Waals surface area contributed by atoms with Crippen LogP contribution in [0.15, 0.2) is 60.2 Å². The topological polar surface area (TPSA) is 53.3 Å². The van der Waals surface area contributed by atoms with Gasteiger partial charge in [0, 0.05) is 18.8 Å². The number of anilines is 1. The molecule has 2 aromatic rings. The number of ether oxygens (including phenoxy) is 1. The molecule has 0 atom stereocenters. The monoisotopic (exact) mass is 427 g/mol. The molecule has 0 radical (unpaired) electrons. The minimum Gasteiger partial charge on any atom is -1.00 e. The molecule has 0 aromatic heterocycles. The van der Waals surface area contributed by atoms with Gasteiger partial charge in [0.25, 0.3) is 0 Å². The van der Waals surface area contributed by atoms with E-state index in [1.807, 2.05) is 69.7 Å². The van der Waals surface area contributed by atoms with Crippen LogP contribution in [0.5, 0.6) is 0 Å². The Morgan fingerprint density at radius 3 is 2.27 bits per heavy atom. The molecule has 2 aromatic carbocycles. The zero-order chi connectivity index (χ0) is 21.3. The summed E-state index contributed by atoms with van der Waals surface area (Å²) in [6.07, 6.45) is 1.57. The van der Waals surface area contributed by atoms with Gasteiger partial charge in [0.1, 0.15) is 24.8 Å². The number of esters is 1.